The lowest BCUT2D eigenvalue weighted by Crippen LogP contribution is -2.16. The lowest BCUT2D eigenvalue weighted by molar-refractivity contribution is -0.122. The third-order valence-corrected chi connectivity index (χ3v) is 2.81. The molecule has 0 aromatic carbocycles. The monoisotopic (exact) mass is 213 g/mol. The predicted molar refractivity (Wildman–Crippen MR) is 65.7 cm³/mol. The minimum atomic E-state index is 0.225. The average molecular weight is 213 g/mol. The maximum atomic E-state index is 11.7. The normalized spacial score (nSPS) is 15.3. The second-order valence-electron chi connectivity index (χ2n) is 5.21. The van der Waals surface area contributed by atoms with Crippen LogP contribution in [0.25, 0.3) is 0 Å². The van der Waals surface area contributed by atoms with Crippen molar-refractivity contribution in [2.45, 2.75) is 65.8 Å². The summed E-state index contributed by atoms with van der Waals surface area (Å²) < 4.78 is 0. The molecule has 0 spiro atoms. The van der Waals surface area contributed by atoms with Crippen LogP contribution < -0.4 is 5.73 Å². The van der Waals surface area contributed by atoms with Gasteiger partial charge in [0.15, 0.2) is 0 Å². The van der Waals surface area contributed by atoms with Crippen LogP contribution in [0.2, 0.25) is 0 Å². The Kier molecular flexibility index (Phi) is 7.67. The zero-order chi connectivity index (χ0) is 11.8. The highest BCUT2D eigenvalue weighted by atomic mass is 16.1. The zero-order valence-electron chi connectivity index (χ0n) is 10.8. The highest BCUT2D eigenvalue weighted by Crippen LogP contribution is 2.14. The van der Waals surface area contributed by atoms with Crippen LogP contribution in [0.5, 0.6) is 0 Å². The molecule has 2 unspecified atom stereocenters. The fraction of sp³-hybridized carbons (Fsp3) is 0.923. The van der Waals surface area contributed by atoms with Crippen LogP contribution in [0, 0.1) is 11.8 Å². The Bertz CT molecular complexity index is 175. The third kappa shape index (κ3) is 8.61. The average Bonchev–Trinajstić information content (AvgIpc) is 2.13. The van der Waals surface area contributed by atoms with Crippen LogP contribution in [-0.4, -0.2) is 11.8 Å². The van der Waals surface area contributed by atoms with E-state index in [-0.39, 0.29) is 12.0 Å². The number of ketones is 1. The molecule has 2 atom stereocenters. The SMILES string of the molecule is CC(C)CCC(=O)C(C)CCCC(C)N. The molecule has 0 rings (SSSR count). The van der Waals surface area contributed by atoms with E-state index in [4.69, 9.17) is 5.73 Å². The summed E-state index contributed by atoms with van der Waals surface area (Å²) in [5.41, 5.74) is 5.67. The molecule has 90 valence electrons. The highest BCUT2D eigenvalue weighted by Gasteiger charge is 2.12. The minimum Gasteiger partial charge on any atom is -0.328 e. The largest absolute Gasteiger partial charge is 0.328 e. The molecule has 0 amide bonds. The van der Waals surface area contributed by atoms with E-state index in [0.717, 1.165) is 32.1 Å². The molecule has 0 aliphatic carbocycles. The molecule has 0 radical (unpaired) electrons. The first-order valence-electron chi connectivity index (χ1n) is 6.21. The summed E-state index contributed by atoms with van der Waals surface area (Å²) >= 11 is 0. The summed E-state index contributed by atoms with van der Waals surface area (Å²) in [4.78, 5) is 11.7. The van der Waals surface area contributed by atoms with Gasteiger partial charge in [0.05, 0.1) is 0 Å². The molecule has 0 aliphatic rings. The van der Waals surface area contributed by atoms with Crippen LogP contribution in [0.15, 0.2) is 0 Å². The Balaban J connectivity index is 3.60. The van der Waals surface area contributed by atoms with Gasteiger partial charge in [0.1, 0.15) is 5.78 Å². The first-order valence-corrected chi connectivity index (χ1v) is 6.21. The second kappa shape index (κ2) is 7.86. The lowest BCUT2D eigenvalue weighted by atomic mass is 9.93. The van der Waals surface area contributed by atoms with Crippen molar-refractivity contribution < 1.29 is 4.79 Å². The van der Waals surface area contributed by atoms with Crippen LogP contribution in [-0.2, 0) is 4.79 Å². The van der Waals surface area contributed by atoms with Gasteiger partial charge < -0.3 is 5.73 Å². The smallest absolute Gasteiger partial charge is 0.135 e. The van der Waals surface area contributed by atoms with Crippen molar-refractivity contribution in [2.75, 3.05) is 0 Å². The third-order valence-electron chi connectivity index (χ3n) is 2.81. The van der Waals surface area contributed by atoms with Gasteiger partial charge in [-0.2, -0.15) is 0 Å². The fourth-order valence-corrected chi connectivity index (χ4v) is 1.58. The minimum absolute atomic E-state index is 0.225. The van der Waals surface area contributed by atoms with E-state index in [1.165, 1.54) is 0 Å². The summed E-state index contributed by atoms with van der Waals surface area (Å²) in [5.74, 6) is 1.28. The fourth-order valence-electron chi connectivity index (χ4n) is 1.58. The van der Waals surface area contributed by atoms with Crippen LogP contribution in [0.4, 0.5) is 0 Å². The zero-order valence-corrected chi connectivity index (χ0v) is 10.8. The van der Waals surface area contributed by atoms with Crippen molar-refractivity contribution in [3.8, 4) is 0 Å². The Morgan fingerprint density at radius 3 is 2.13 bits per heavy atom. The van der Waals surface area contributed by atoms with Gasteiger partial charge in [-0.05, 0) is 32.1 Å². The molecule has 0 bridgehead atoms. The Morgan fingerprint density at radius 2 is 1.67 bits per heavy atom. The topological polar surface area (TPSA) is 43.1 Å². The standard InChI is InChI=1S/C13H27NO/c1-10(2)8-9-13(15)11(3)6-5-7-12(4)14/h10-12H,5-9,14H2,1-4H3. The van der Waals surface area contributed by atoms with Crippen molar-refractivity contribution in [3.63, 3.8) is 0 Å². The molecule has 0 aromatic heterocycles. The molecule has 0 fully saturated rings. The Morgan fingerprint density at radius 1 is 1.07 bits per heavy atom. The van der Waals surface area contributed by atoms with Crippen LogP contribution >= 0.6 is 0 Å². The molecule has 0 saturated heterocycles. The Hall–Kier alpha value is -0.370. The van der Waals surface area contributed by atoms with Gasteiger partial charge >= 0.3 is 0 Å². The quantitative estimate of drug-likeness (QED) is 0.673. The molecule has 0 aliphatic heterocycles. The van der Waals surface area contributed by atoms with Crippen molar-refractivity contribution in [2.24, 2.45) is 17.6 Å². The van der Waals surface area contributed by atoms with E-state index in [1.807, 2.05) is 13.8 Å². The van der Waals surface area contributed by atoms with E-state index in [1.54, 1.807) is 0 Å². The van der Waals surface area contributed by atoms with E-state index in [9.17, 15) is 4.79 Å². The number of carbonyl (C=O) groups excluding carboxylic acids is 1. The first-order chi connectivity index (χ1) is 6.93. The summed E-state index contributed by atoms with van der Waals surface area (Å²) in [6.45, 7) is 8.39. The Labute approximate surface area is 94.6 Å². The van der Waals surface area contributed by atoms with Gasteiger partial charge in [0.2, 0.25) is 0 Å². The molecule has 0 saturated carbocycles. The summed E-state index contributed by atoms with van der Waals surface area (Å²) in [6, 6.07) is 0.267. The maximum Gasteiger partial charge on any atom is 0.135 e. The van der Waals surface area contributed by atoms with Crippen molar-refractivity contribution in [1.82, 2.24) is 0 Å². The van der Waals surface area contributed by atoms with Gasteiger partial charge in [-0.3, -0.25) is 4.79 Å². The first kappa shape index (κ1) is 14.6. The highest BCUT2D eigenvalue weighted by molar-refractivity contribution is 5.80. The van der Waals surface area contributed by atoms with Gasteiger partial charge in [0.25, 0.3) is 0 Å². The van der Waals surface area contributed by atoms with E-state index in [0.29, 0.717) is 11.7 Å². The number of nitrogens with two attached hydrogens (primary N) is 1. The van der Waals surface area contributed by atoms with Gasteiger partial charge in [0, 0.05) is 18.4 Å². The van der Waals surface area contributed by atoms with Crippen LogP contribution in [0.1, 0.15) is 59.8 Å². The molecular formula is C13H27NO. The van der Waals surface area contributed by atoms with Crippen molar-refractivity contribution in [1.29, 1.82) is 0 Å². The summed E-state index contributed by atoms with van der Waals surface area (Å²) in [5, 5.41) is 0. The van der Waals surface area contributed by atoms with Crippen LogP contribution in [0.3, 0.4) is 0 Å². The van der Waals surface area contributed by atoms with Crippen molar-refractivity contribution in [3.05, 3.63) is 0 Å². The summed E-state index contributed by atoms with van der Waals surface area (Å²) in [6.07, 6.45) is 4.87. The number of hydrogen-bond acceptors (Lipinski definition) is 2. The molecule has 0 aromatic rings. The number of carbonyl (C=O) groups is 1. The predicted octanol–water partition coefficient (Wildman–Crippen LogP) is 3.15. The summed E-state index contributed by atoms with van der Waals surface area (Å²) in [7, 11) is 0. The number of Topliss-reactive ketones (excluding diaryl/α,β-unsaturated/α-hetero) is 1. The number of rotatable bonds is 8. The second-order valence-corrected chi connectivity index (χ2v) is 5.21. The molecule has 2 nitrogen and oxygen atoms in total. The number of hydrogen-bond donors (Lipinski definition) is 1. The van der Waals surface area contributed by atoms with E-state index < -0.39 is 0 Å². The molecule has 15 heavy (non-hydrogen) atoms. The van der Waals surface area contributed by atoms with Crippen molar-refractivity contribution >= 4 is 5.78 Å². The van der Waals surface area contributed by atoms with E-state index in [2.05, 4.69) is 13.8 Å². The molecule has 0 heterocycles. The molecular weight excluding hydrogens is 186 g/mol. The van der Waals surface area contributed by atoms with E-state index >= 15 is 0 Å². The molecule has 2 N–H and O–H groups in total. The van der Waals surface area contributed by atoms with Gasteiger partial charge in [-0.1, -0.05) is 27.2 Å². The maximum absolute atomic E-state index is 11.7. The van der Waals surface area contributed by atoms with Gasteiger partial charge in [-0.25, -0.2) is 0 Å². The van der Waals surface area contributed by atoms with Gasteiger partial charge in [-0.15, -0.1) is 0 Å². The molecule has 2 heteroatoms. The lowest BCUT2D eigenvalue weighted by Gasteiger charge is -2.12.